The molecule has 2 saturated heterocycles. The molecule has 6 nitrogen and oxygen atoms in total. The molecular weight excluding hydrogens is 467 g/mol. The Morgan fingerprint density at radius 2 is 1.79 bits per heavy atom. The fourth-order valence-corrected chi connectivity index (χ4v) is 3.86. The molecule has 0 bridgehead atoms. The third-order valence-electron chi connectivity index (χ3n) is 5.13. The maximum atomic E-state index is 5.82. The molecule has 2 fully saturated rings. The van der Waals surface area contributed by atoms with Crippen molar-refractivity contribution in [3.05, 3.63) is 35.4 Å². The number of rotatable bonds is 6. The van der Waals surface area contributed by atoms with Crippen molar-refractivity contribution in [2.75, 3.05) is 33.3 Å². The Balaban J connectivity index is 0.00000280. The van der Waals surface area contributed by atoms with E-state index in [9.17, 15) is 0 Å². The lowest BCUT2D eigenvalue weighted by Gasteiger charge is -2.35. The summed E-state index contributed by atoms with van der Waals surface area (Å²) in [6.45, 7) is 9.74. The van der Waals surface area contributed by atoms with Gasteiger partial charge in [-0.2, -0.15) is 0 Å². The van der Waals surface area contributed by atoms with Crippen molar-refractivity contribution >= 4 is 29.9 Å². The number of nitrogens with one attached hydrogen (secondary N) is 2. The van der Waals surface area contributed by atoms with Crippen LogP contribution in [0.25, 0.3) is 0 Å². The summed E-state index contributed by atoms with van der Waals surface area (Å²) in [5, 5.41) is 6.73. The molecule has 1 aromatic rings. The molecule has 0 aliphatic carbocycles. The summed E-state index contributed by atoms with van der Waals surface area (Å²) in [6.07, 6.45) is 3.23. The molecule has 0 saturated carbocycles. The molecule has 2 aliphatic heterocycles. The maximum absolute atomic E-state index is 5.82. The minimum Gasteiger partial charge on any atom is -0.376 e. The average Bonchev–Trinajstić information content (AvgIpc) is 3.16. The maximum Gasteiger partial charge on any atom is 0.191 e. The molecule has 2 aliphatic rings. The van der Waals surface area contributed by atoms with Crippen LogP contribution in [-0.4, -0.2) is 62.5 Å². The Labute approximate surface area is 186 Å². The summed E-state index contributed by atoms with van der Waals surface area (Å²) in [7, 11) is 1.80. The van der Waals surface area contributed by atoms with Crippen molar-refractivity contribution in [1.29, 1.82) is 0 Å². The number of hydrogen-bond acceptors (Lipinski definition) is 4. The quantitative estimate of drug-likeness (QED) is 0.356. The average molecular weight is 502 g/mol. The van der Waals surface area contributed by atoms with Gasteiger partial charge in [0.15, 0.2) is 5.96 Å². The molecule has 2 heterocycles. The van der Waals surface area contributed by atoms with Gasteiger partial charge in [-0.3, -0.25) is 9.89 Å². The monoisotopic (exact) mass is 502 g/mol. The smallest absolute Gasteiger partial charge is 0.191 e. The van der Waals surface area contributed by atoms with E-state index in [1.165, 1.54) is 11.1 Å². The van der Waals surface area contributed by atoms with Crippen LogP contribution < -0.4 is 10.6 Å². The number of nitrogens with zero attached hydrogens (tertiary/aromatic N) is 2. The summed E-state index contributed by atoms with van der Waals surface area (Å²) in [4.78, 5) is 6.77. The minimum absolute atomic E-state index is 0. The topological polar surface area (TPSA) is 58.1 Å². The van der Waals surface area contributed by atoms with Gasteiger partial charge in [-0.05, 0) is 37.8 Å². The van der Waals surface area contributed by atoms with E-state index < -0.39 is 0 Å². The molecule has 158 valence electrons. The van der Waals surface area contributed by atoms with Crippen molar-refractivity contribution in [3.63, 3.8) is 0 Å². The highest BCUT2D eigenvalue weighted by Crippen LogP contribution is 2.15. The van der Waals surface area contributed by atoms with Gasteiger partial charge in [-0.25, -0.2) is 0 Å². The van der Waals surface area contributed by atoms with E-state index in [0.29, 0.717) is 18.3 Å². The van der Waals surface area contributed by atoms with Crippen molar-refractivity contribution in [3.8, 4) is 0 Å². The van der Waals surface area contributed by atoms with Gasteiger partial charge >= 0.3 is 0 Å². The Hall–Kier alpha value is -0.900. The summed E-state index contributed by atoms with van der Waals surface area (Å²) in [5.74, 6) is 0.825. The van der Waals surface area contributed by atoms with Crippen LogP contribution >= 0.6 is 24.0 Å². The van der Waals surface area contributed by atoms with Crippen LogP contribution in [0.1, 0.15) is 37.8 Å². The first-order valence-corrected chi connectivity index (χ1v) is 10.1. The second-order valence-electron chi connectivity index (χ2n) is 7.71. The standard InChI is InChI=1S/C21H34N4O2.HI/c1-16-13-25(14-17(2)27-16)15-19-8-6-18(7-9-19)11-23-21(22-3)24-12-20-5-4-10-26-20;/h6-9,16-17,20H,4-5,10-15H2,1-3H3,(H2,22,23,24);1H. The molecule has 0 spiro atoms. The highest BCUT2D eigenvalue weighted by molar-refractivity contribution is 14.0. The first kappa shape index (κ1) is 23.4. The molecule has 3 unspecified atom stereocenters. The number of benzene rings is 1. The number of morpholine rings is 1. The summed E-state index contributed by atoms with van der Waals surface area (Å²) >= 11 is 0. The van der Waals surface area contributed by atoms with E-state index in [4.69, 9.17) is 9.47 Å². The Morgan fingerprint density at radius 1 is 1.11 bits per heavy atom. The lowest BCUT2D eigenvalue weighted by molar-refractivity contribution is -0.0704. The SMILES string of the molecule is CN=C(NCc1ccc(CN2CC(C)OC(C)C2)cc1)NCC1CCCO1.I. The second kappa shape index (κ2) is 11.9. The van der Waals surface area contributed by atoms with Crippen LogP contribution in [0.3, 0.4) is 0 Å². The number of guanidine groups is 1. The van der Waals surface area contributed by atoms with E-state index in [1.54, 1.807) is 7.05 Å². The Kier molecular flexibility index (Phi) is 9.98. The zero-order chi connectivity index (χ0) is 19.1. The molecular formula is C21H35IN4O2. The molecule has 3 atom stereocenters. The van der Waals surface area contributed by atoms with E-state index in [1.807, 2.05) is 0 Å². The van der Waals surface area contributed by atoms with Crippen molar-refractivity contribution in [2.45, 2.75) is 58.1 Å². The third-order valence-corrected chi connectivity index (χ3v) is 5.13. The van der Waals surface area contributed by atoms with Crippen LogP contribution in [0.2, 0.25) is 0 Å². The van der Waals surface area contributed by atoms with Crippen molar-refractivity contribution in [1.82, 2.24) is 15.5 Å². The van der Waals surface area contributed by atoms with E-state index >= 15 is 0 Å². The normalized spacial score (nSPS) is 26.0. The lowest BCUT2D eigenvalue weighted by Crippen LogP contribution is -2.44. The predicted molar refractivity (Wildman–Crippen MR) is 124 cm³/mol. The van der Waals surface area contributed by atoms with Crippen molar-refractivity contribution < 1.29 is 9.47 Å². The Bertz CT molecular complexity index is 595. The van der Waals surface area contributed by atoms with Gasteiger partial charge in [0.05, 0.1) is 18.3 Å². The summed E-state index contributed by atoms with van der Waals surface area (Å²) in [5.41, 5.74) is 2.60. The molecule has 3 rings (SSSR count). The van der Waals surface area contributed by atoms with Crippen LogP contribution in [0.5, 0.6) is 0 Å². The van der Waals surface area contributed by atoms with Crippen LogP contribution in [0.4, 0.5) is 0 Å². The van der Waals surface area contributed by atoms with Gasteiger partial charge in [-0.1, -0.05) is 24.3 Å². The van der Waals surface area contributed by atoms with Gasteiger partial charge < -0.3 is 20.1 Å². The van der Waals surface area contributed by atoms with E-state index in [2.05, 4.69) is 58.6 Å². The van der Waals surface area contributed by atoms with Crippen LogP contribution in [-0.2, 0) is 22.6 Å². The van der Waals surface area contributed by atoms with Gasteiger partial charge in [0.2, 0.25) is 0 Å². The Morgan fingerprint density at radius 3 is 2.39 bits per heavy atom. The molecule has 2 N–H and O–H groups in total. The fourth-order valence-electron chi connectivity index (χ4n) is 3.86. The molecule has 0 amide bonds. The molecule has 28 heavy (non-hydrogen) atoms. The summed E-state index contributed by atoms with van der Waals surface area (Å²) in [6, 6.07) is 8.85. The number of aliphatic imine (C=N–C) groups is 1. The third kappa shape index (κ3) is 7.50. The van der Waals surface area contributed by atoms with E-state index in [-0.39, 0.29) is 24.0 Å². The molecule has 7 heteroatoms. The summed E-state index contributed by atoms with van der Waals surface area (Å²) < 4.78 is 11.5. The minimum atomic E-state index is 0. The zero-order valence-corrected chi connectivity index (χ0v) is 19.6. The number of ether oxygens (including phenoxy) is 2. The molecule has 0 radical (unpaired) electrons. The number of halogens is 1. The van der Waals surface area contributed by atoms with Gasteiger partial charge in [0.25, 0.3) is 0 Å². The van der Waals surface area contributed by atoms with Crippen LogP contribution in [0.15, 0.2) is 29.3 Å². The fraction of sp³-hybridized carbons (Fsp3) is 0.667. The van der Waals surface area contributed by atoms with E-state index in [0.717, 1.165) is 58.1 Å². The van der Waals surface area contributed by atoms with Crippen molar-refractivity contribution in [2.24, 2.45) is 4.99 Å². The van der Waals surface area contributed by atoms with Crippen LogP contribution in [0, 0.1) is 0 Å². The predicted octanol–water partition coefficient (Wildman–Crippen LogP) is 2.76. The number of hydrogen-bond donors (Lipinski definition) is 2. The lowest BCUT2D eigenvalue weighted by atomic mass is 10.1. The largest absolute Gasteiger partial charge is 0.376 e. The van der Waals surface area contributed by atoms with Gasteiger partial charge in [-0.15, -0.1) is 24.0 Å². The molecule has 0 aromatic heterocycles. The molecule has 1 aromatic carbocycles. The highest BCUT2D eigenvalue weighted by Gasteiger charge is 2.22. The highest BCUT2D eigenvalue weighted by atomic mass is 127. The van der Waals surface area contributed by atoms with Gasteiger partial charge in [0, 0.05) is 46.4 Å². The first-order chi connectivity index (χ1) is 13.1. The zero-order valence-electron chi connectivity index (χ0n) is 17.3. The van der Waals surface area contributed by atoms with Gasteiger partial charge in [0.1, 0.15) is 0 Å². The second-order valence-corrected chi connectivity index (χ2v) is 7.71. The first-order valence-electron chi connectivity index (χ1n) is 10.1.